The molecule has 0 spiro atoms. The lowest BCUT2D eigenvalue weighted by atomic mass is 9.80. The number of nitrogens with one attached hydrogen (secondary N) is 1. The molecule has 118 valence electrons. The minimum absolute atomic E-state index is 0.0915. The Morgan fingerprint density at radius 1 is 1.14 bits per heavy atom. The first kappa shape index (κ1) is 16.4. The second kappa shape index (κ2) is 6.45. The minimum Gasteiger partial charge on any atom is -0.375 e. The zero-order valence-electron chi connectivity index (χ0n) is 14.0. The number of halogens is 1. The maximum absolute atomic E-state index is 13.9. The number of hydrogen-bond acceptors (Lipinski definition) is 2. The van der Waals surface area contributed by atoms with Crippen molar-refractivity contribution in [1.82, 2.24) is 5.32 Å². The third-order valence-electron chi connectivity index (χ3n) is 4.95. The highest BCUT2D eigenvalue weighted by atomic mass is 19.1. The number of ether oxygens (including phenoxy) is 1. The molecule has 1 heterocycles. The molecule has 1 aromatic carbocycles. The van der Waals surface area contributed by atoms with Crippen molar-refractivity contribution >= 4 is 0 Å². The van der Waals surface area contributed by atoms with E-state index in [1.165, 1.54) is 5.56 Å². The molecule has 1 saturated heterocycles. The van der Waals surface area contributed by atoms with Gasteiger partial charge in [0.1, 0.15) is 5.82 Å². The van der Waals surface area contributed by atoms with Crippen LogP contribution in [0, 0.1) is 31.5 Å². The van der Waals surface area contributed by atoms with E-state index in [1.54, 1.807) is 0 Å². The van der Waals surface area contributed by atoms with Gasteiger partial charge in [-0.1, -0.05) is 26.0 Å². The van der Waals surface area contributed by atoms with E-state index in [9.17, 15) is 4.39 Å². The van der Waals surface area contributed by atoms with Crippen LogP contribution in [0.25, 0.3) is 0 Å². The van der Waals surface area contributed by atoms with E-state index in [2.05, 4.69) is 33.0 Å². The predicted octanol–water partition coefficient (Wildman–Crippen LogP) is 4.15. The lowest BCUT2D eigenvalue weighted by molar-refractivity contribution is 0.0475. The third-order valence-corrected chi connectivity index (χ3v) is 4.95. The highest BCUT2D eigenvalue weighted by Gasteiger charge is 2.42. The van der Waals surface area contributed by atoms with Gasteiger partial charge in [-0.25, -0.2) is 4.39 Å². The van der Waals surface area contributed by atoms with E-state index < -0.39 is 0 Å². The van der Waals surface area contributed by atoms with Crippen molar-refractivity contribution < 1.29 is 9.13 Å². The Labute approximate surface area is 128 Å². The molecule has 0 aromatic heterocycles. The normalized spacial score (nSPS) is 30.6. The molecule has 5 atom stereocenters. The number of aryl methyl sites for hydroxylation is 2. The maximum atomic E-state index is 13.9. The van der Waals surface area contributed by atoms with Crippen molar-refractivity contribution in [1.29, 1.82) is 0 Å². The van der Waals surface area contributed by atoms with Crippen LogP contribution in [-0.4, -0.2) is 18.8 Å². The zero-order chi connectivity index (χ0) is 15.7. The summed E-state index contributed by atoms with van der Waals surface area (Å²) >= 11 is 0. The summed E-state index contributed by atoms with van der Waals surface area (Å²) in [4.78, 5) is 0. The van der Waals surface area contributed by atoms with E-state index in [4.69, 9.17) is 4.74 Å². The van der Waals surface area contributed by atoms with Gasteiger partial charge in [0, 0.05) is 12.0 Å². The van der Waals surface area contributed by atoms with Crippen LogP contribution in [0.4, 0.5) is 4.39 Å². The molecular formula is C18H28FNO. The molecule has 0 bridgehead atoms. The number of hydrogen-bond donors (Lipinski definition) is 1. The van der Waals surface area contributed by atoms with Crippen LogP contribution in [0.5, 0.6) is 0 Å². The smallest absolute Gasteiger partial charge is 0.129 e. The van der Waals surface area contributed by atoms with Gasteiger partial charge in [-0.15, -0.1) is 0 Å². The van der Waals surface area contributed by atoms with Crippen LogP contribution in [0.2, 0.25) is 0 Å². The Morgan fingerprint density at radius 2 is 1.71 bits per heavy atom. The van der Waals surface area contributed by atoms with Crippen LogP contribution in [0.1, 0.15) is 50.4 Å². The third kappa shape index (κ3) is 3.14. The molecule has 21 heavy (non-hydrogen) atoms. The first-order valence-corrected chi connectivity index (χ1v) is 8.02. The fourth-order valence-electron chi connectivity index (χ4n) is 3.72. The fourth-order valence-corrected chi connectivity index (χ4v) is 3.72. The Hall–Kier alpha value is -0.930. The van der Waals surface area contributed by atoms with E-state index in [0.717, 1.165) is 17.7 Å². The summed E-state index contributed by atoms with van der Waals surface area (Å²) in [6.07, 6.45) is 0.485. The van der Waals surface area contributed by atoms with Crippen LogP contribution in [0.3, 0.4) is 0 Å². The molecule has 0 saturated carbocycles. The summed E-state index contributed by atoms with van der Waals surface area (Å²) in [6.45, 7) is 13.2. The van der Waals surface area contributed by atoms with Gasteiger partial charge in [-0.3, -0.25) is 0 Å². The molecule has 2 nitrogen and oxygen atoms in total. The first-order valence-electron chi connectivity index (χ1n) is 8.02. The van der Waals surface area contributed by atoms with Gasteiger partial charge in [0.25, 0.3) is 0 Å². The Balaban J connectivity index is 2.39. The van der Waals surface area contributed by atoms with Gasteiger partial charge in [0.05, 0.1) is 12.2 Å². The van der Waals surface area contributed by atoms with Gasteiger partial charge < -0.3 is 10.1 Å². The van der Waals surface area contributed by atoms with E-state index >= 15 is 0 Å². The van der Waals surface area contributed by atoms with Gasteiger partial charge in [0.2, 0.25) is 0 Å². The van der Waals surface area contributed by atoms with Crippen LogP contribution < -0.4 is 5.32 Å². The van der Waals surface area contributed by atoms with Gasteiger partial charge >= 0.3 is 0 Å². The summed E-state index contributed by atoms with van der Waals surface area (Å²) in [7, 11) is 0. The van der Waals surface area contributed by atoms with Crippen molar-refractivity contribution in [2.45, 2.75) is 59.8 Å². The average Bonchev–Trinajstić information content (AvgIpc) is 2.67. The molecule has 5 unspecified atom stereocenters. The quantitative estimate of drug-likeness (QED) is 0.900. The second-order valence-electron chi connectivity index (χ2n) is 6.49. The molecular weight excluding hydrogens is 265 g/mol. The number of benzene rings is 1. The van der Waals surface area contributed by atoms with E-state index in [-0.39, 0.29) is 24.1 Å². The standard InChI is InChI=1S/C18H28FNO/c1-7-20-18(16-12(4)13(5)21-14(16)6)15-8-10(2)17(19)11(3)9-15/h8-9,12-14,16,18,20H,7H2,1-6H3. The molecule has 0 radical (unpaired) electrons. The Morgan fingerprint density at radius 3 is 2.14 bits per heavy atom. The summed E-state index contributed by atoms with van der Waals surface area (Å²) in [5, 5.41) is 3.59. The highest BCUT2D eigenvalue weighted by Crippen LogP contribution is 2.41. The van der Waals surface area contributed by atoms with Crippen molar-refractivity contribution in [2.75, 3.05) is 6.54 Å². The largest absolute Gasteiger partial charge is 0.375 e. The van der Waals surface area contributed by atoms with E-state index in [0.29, 0.717) is 11.8 Å². The summed E-state index contributed by atoms with van der Waals surface area (Å²) < 4.78 is 19.9. The molecule has 0 amide bonds. The van der Waals surface area contributed by atoms with Crippen LogP contribution in [-0.2, 0) is 4.74 Å². The predicted molar refractivity (Wildman–Crippen MR) is 85.0 cm³/mol. The first-order chi connectivity index (χ1) is 9.86. The molecule has 1 aliphatic rings. The molecule has 1 N–H and O–H groups in total. The Kier molecular flexibility index (Phi) is 5.05. The molecule has 1 aliphatic heterocycles. The molecule has 2 rings (SSSR count). The molecule has 1 fully saturated rings. The topological polar surface area (TPSA) is 21.3 Å². The summed E-state index contributed by atoms with van der Waals surface area (Å²) in [5.41, 5.74) is 2.62. The second-order valence-corrected chi connectivity index (χ2v) is 6.49. The molecule has 0 aliphatic carbocycles. The minimum atomic E-state index is -0.0915. The summed E-state index contributed by atoms with van der Waals surface area (Å²) in [6, 6.07) is 4.18. The van der Waals surface area contributed by atoms with Gasteiger partial charge in [-0.2, -0.15) is 0 Å². The molecule has 3 heteroatoms. The molecule has 1 aromatic rings. The lowest BCUT2D eigenvalue weighted by Gasteiger charge is -2.30. The van der Waals surface area contributed by atoms with Crippen molar-refractivity contribution in [3.05, 3.63) is 34.6 Å². The SMILES string of the molecule is CCNC(c1cc(C)c(F)c(C)c1)C1C(C)OC(C)C1C. The maximum Gasteiger partial charge on any atom is 0.129 e. The fraction of sp³-hybridized carbons (Fsp3) is 0.667. The Bertz CT molecular complexity index is 479. The van der Waals surface area contributed by atoms with Crippen LogP contribution >= 0.6 is 0 Å². The van der Waals surface area contributed by atoms with E-state index in [1.807, 2.05) is 26.0 Å². The van der Waals surface area contributed by atoms with Gasteiger partial charge in [-0.05, 0) is 56.8 Å². The van der Waals surface area contributed by atoms with Crippen molar-refractivity contribution in [3.8, 4) is 0 Å². The lowest BCUT2D eigenvalue weighted by Crippen LogP contribution is -2.35. The van der Waals surface area contributed by atoms with Crippen molar-refractivity contribution in [2.24, 2.45) is 11.8 Å². The van der Waals surface area contributed by atoms with Crippen LogP contribution in [0.15, 0.2) is 12.1 Å². The zero-order valence-corrected chi connectivity index (χ0v) is 14.0. The monoisotopic (exact) mass is 293 g/mol. The van der Waals surface area contributed by atoms with Crippen molar-refractivity contribution in [3.63, 3.8) is 0 Å². The summed E-state index contributed by atoms with van der Waals surface area (Å²) in [5.74, 6) is 0.796. The average molecular weight is 293 g/mol. The highest BCUT2D eigenvalue weighted by molar-refractivity contribution is 5.33. The number of rotatable bonds is 4. The van der Waals surface area contributed by atoms with Gasteiger partial charge in [0.15, 0.2) is 0 Å².